The molecule has 144 valence electrons. The molecule has 1 atom stereocenters. The highest BCUT2D eigenvalue weighted by molar-refractivity contribution is 14.1. The predicted molar refractivity (Wildman–Crippen MR) is 127 cm³/mol. The van der Waals surface area contributed by atoms with Crippen LogP contribution in [0.2, 0.25) is 0 Å². The lowest BCUT2D eigenvalue weighted by Gasteiger charge is -2.39. The molecule has 28 heavy (non-hydrogen) atoms. The lowest BCUT2D eigenvalue weighted by molar-refractivity contribution is -0.0495. The SMILES string of the molecule is CCCC(C/C=C/I)OC(c1ccccc1)(c1ccccc1)c1ccccc1. The third-order valence-electron chi connectivity index (χ3n) is 4.98. The zero-order chi connectivity index (χ0) is 19.7. The van der Waals surface area contributed by atoms with Gasteiger partial charge in [-0.05, 0) is 33.6 Å². The van der Waals surface area contributed by atoms with Gasteiger partial charge in [-0.2, -0.15) is 0 Å². The molecule has 0 bridgehead atoms. The molecule has 0 spiro atoms. The molecule has 0 saturated carbocycles. The molecule has 0 aliphatic carbocycles. The minimum atomic E-state index is -0.636. The zero-order valence-corrected chi connectivity index (χ0v) is 18.5. The monoisotopic (exact) mass is 482 g/mol. The van der Waals surface area contributed by atoms with E-state index in [4.69, 9.17) is 4.74 Å². The number of rotatable bonds is 9. The van der Waals surface area contributed by atoms with Crippen molar-refractivity contribution < 1.29 is 4.74 Å². The third kappa shape index (κ3) is 4.73. The van der Waals surface area contributed by atoms with Crippen LogP contribution < -0.4 is 0 Å². The van der Waals surface area contributed by atoms with Crippen molar-refractivity contribution in [2.45, 2.75) is 37.9 Å². The third-order valence-corrected chi connectivity index (χ3v) is 5.49. The summed E-state index contributed by atoms with van der Waals surface area (Å²) in [5, 5.41) is 0. The summed E-state index contributed by atoms with van der Waals surface area (Å²) < 4.78 is 9.17. The Morgan fingerprint density at radius 3 is 1.57 bits per heavy atom. The molecular formula is C26H27IO. The molecule has 0 amide bonds. The molecule has 0 aliphatic rings. The average Bonchev–Trinajstić information content (AvgIpc) is 2.77. The average molecular weight is 482 g/mol. The van der Waals surface area contributed by atoms with Crippen molar-refractivity contribution in [1.29, 1.82) is 0 Å². The minimum Gasteiger partial charge on any atom is -0.357 e. The van der Waals surface area contributed by atoms with Gasteiger partial charge < -0.3 is 4.74 Å². The maximum atomic E-state index is 7.08. The molecule has 0 heterocycles. The summed E-state index contributed by atoms with van der Waals surface area (Å²) in [5.74, 6) is 0. The van der Waals surface area contributed by atoms with Gasteiger partial charge in [0.2, 0.25) is 0 Å². The van der Waals surface area contributed by atoms with Gasteiger partial charge in [0.15, 0.2) is 0 Å². The van der Waals surface area contributed by atoms with E-state index in [2.05, 4.69) is 131 Å². The number of benzene rings is 3. The summed E-state index contributed by atoms with van der Waals surface area (Å²) in [7, 11) is 0. The highest BCUT2D eigenvalue weighted by Gasteiger charge is 2.39. The second-order valence-electron chi connectivity index (χ2n) is 6.91. The van der Waals surface area contributed by atoms with Gasteiger partial charge in [-0.15, -0.1) is 0 Å². The summed E-state index contributed by atoms with van der Waals surface area (Å²) in [6, 6.07) is 31.8. The molecule has 3 aromatic rings. The van der Waals surface area contributed by atoms with Crippen molar-refractivity contribution >= 4 is 22.6 Å². The van der Waals surface area contributed by atoms with Crippen molar-refractivity contribution in [3.05, 3.63) is 118 Å². The smallest absolute Gasteiger partial charge is 0.144 e. The van der Waals surface area contributed by atoms with Crippen LogP contribution in [0.4, 0.5) is 0 Å². The van der Waals surface area contributed by atoms with E-state index < -0.39 is 5.60 Å². The van der Waals surface area contributed by atoms with Crippen LogP contribution in [0.25, 0.3) is 0 Å². The van der Waals surface area contributed by atoms with Crippen LogP contribution in [-0.4, -0.2) is 6.10 Å². The number of hydrogen-bond acceptors (Lipinski definition) is 1. The van der Waals surface area contributed by atoms with Crippen molar-refractivity contribution in [1.82, 2.24) is 0 Å². The molecule has 2 heteroatoms. The van der Waals surface area contributed by atoms with Crippen LogP contribution >= 0.6 is 22.6 Å². The Balaban J connectivity index is 2.21. The van der Waals surface area contributed by atoms with Gasteiger partial charge in [0.05, 0.1) is 6.10 Å². The Labute approximate surface area is 182 Å². The molecule has 0 N–H and O–H groups in total. The van der Waals surface area contributed by atoms with Crippen LogP contribution in [0.15, 0.2) is 101 Å². The molecule has 1 nitrogen and oxygen atoms in total. The second kappa shape index (κ2) is 10.6. The normalized spacial score (nSPS) is 12.9. The van der Waals surface area contributed by atoms with E-state index >= 15 is 0 Å². The maximum Gasteiger partial charge on any atom is 0.144 e. The molecule has 0 fully saturated rings. The molecule has 0 aromatic heterocycles. The van der Waals surface area contributed by atoms with Crippen molar-refractivity contribution in [2.24, 2.45) is 0 Å². The number of hydrogen-bond donors (Lipinski definition) is 0. The van der Waals surface area contributed by atoms with Crippen molar-refractivity contribution in [3.8, 4) is 0 Å². The van der Waals surface area contributed by atoms with Crippen LogP contribution in [0.3, 0.4) is 0 Å². The van der Waals surface area contributed by atoms with Gasteiger partial charge in [-0.3, -0.25) is 0 Å². The highest BCUT2D eigenvalue weighted by atomic mass is 127. The van der Waals surface area contributed by atoms with E-state index in [1.807, 2.05) is 0 Å². The lowest BCUT2D eigenvalue weighted by atomic mass is 9.79. The largest absolute Gasteiger partial charge is 0.357 e. The number of halogens is 1. The summed E-state index contributed by atoms with van der Waals surface area (Å²) in [5.41, 5.74) is 2.84. The Hall–Kier alpha value is -1.91. The first-order valence-corrected chi connectivity index (χ1v) is 11.2. The quantitative estimate of drug-likeness (QED) is 0.227. The summed E-state index contributed by atoms with van der Waals surface area (Å²) in [6.07, 6.45) is 5.36. The van der Waals surface area contributed by atoms with Gasteiger partial charge in [-0.25, -0.2) is 0 Å². The highest BCUT2D eigenvalue weighted by Crippen LogP contribution is 2.42. The van der Waals surface area contributed by atoms with Gasteiger partial charge >= 0.3 is 0 Å². The Morgan fingerprint density at radius 2 is 1.21 bits per heavy atom. The van der Waals surface area contributed by atoms with E-state index in [1.54, 1.807) is 0 Å². The molecule has 3 rings (SSSR count). The maximum absolute atomic E-state index is 7.08. The topological polar surface area (TPSA) is 9.23 Å². The van der Waals surface area contributed by atoms with Crippen LogP contribution in [0.1, 0.15) is 42.9 Å². The summed E-state index contributed by atoms with van der Waals surface area (Å²) >= 11 is 2.29. The molecule has 0 radical (unpaired) electrons. The lowest BCUT2D eigenvalue weighted by Crippen LogP contribution is -2.37. The summed E-state index contributed by atoms with van der Waals surface area (Å²) in [4.78, 5) is 0. The molecule has 3 aromatic carbocycles. The summed E-state index contributed by atoms with van der Waals surface area (Å²) in [6.45, 7) is 2.22. The fourth-order valence-electron chi connectivity index (χ4n) is 3.72. The second-order valence-corrected chi connectivity index (χ2v) is 7.62. The Kier molecular flexibility index (Phi) is 7.87. The molecule has 0 saturated heterocycles. The fourth-order valence-corrected chi connectivity index (χ4v) is 4.02. The first-order valence-electron chi connectivity index (χ1n) is 9.91. The fraction of sp³-hybridized carbons (Fsp3) is 0.231. The first kappa shape index (κ1) is 20.8. The zero-order valence-electron chi connectivity index (χ0n) is 16.3. The Morgan fingerprint density at radius 1 is 0.786 bits per heavy atom. The predicted octanol–water partition coefficient (Wildman–Crippen LogP) is 7.50. The molecular weight excluding hydrogens is 455 g/mol. The van der Waals surface area contributed by atoms with Crippen LogP contribution in [0.5, 0.6) is 0 Å². The molecule has 1 unspecified atom stereocenters. The van der Waals surface area contributed by atoms with Gasteiger partial charge in [0.25, 0.3) is 0 Å². The standard InChI is InChI=1S/C26H27IO/c1-2-13-25(20-12-21-27)28-26(22-14-6-3-7-15-22,23-16-8-4-9-17-23)24-18-10-5-11-19-24/h3-12,14-19,21,25H,2,13,20H2,1H3/b21-12+. The van der Waals surface area contributed by atoms with Gasteiger partial charge in [0, 0.05) is 0 Å². The van der Waals surface area contributed by atoms with Gasteiger partial charge in [-0.1, -0.05) is 133 Å². The van der Waals surface area contributed by atoms with E-state index in [0.717, 1.165) is 36.0 Å². The van der Waals surface area contributed by atoms with E-state index in [0.29, 0.717) is 0 Å². The van der Waals surface area contributed by atoms with Crippen molar-refractivity contribution in [3.63, 3.8) is 0 Å². The number of ether oxygens (including phenoxy) is 1. The van der Waals surface area contributed by atoms with E-state index in [9.17, 15) is 0 Å². The van der Waals surface area contributed by atoms with Crippen molar-refractivity contribution in [2.75, 3.05) is 0 Å². The minimum absolute atomic E-state index is 0.136. The van der Waals surface area contributed by atoms with E-state index in [-0.39, 0.29) is 6.10 Å². The van der Waals surface area contributed by atoms with Crippen LogP contribution in [-0.2, 0) is 10.3 Å². The Bertz CT molecular complexity index is 747. The first-order chi connectivity index (χ1) is 13.8. The van der Waals surface area contributed by atoms with E-state index in [1.165, 1.54) is 0 Å². The van der Waals surface area contributed by atoms with Crippen LogP contribution in [0, 0.1) is 0 Å². The molecule has 0 aliphatic heterocycles. The van der Waals surface area contributed by atoms with Gasteiger partial charge in [0.1, 0.15) is 5.60 Å².